The fraction of sp³-hybridized carbons (Fsp3) is 0.300. The molecule has 3 N–H and O–H groups in total. The zero-order chi connectivity index (χ0) is 23.9. The third-order valence-corrected chi connectivity index (χ3v) is 4.71. The van der Waals surface area contributed by atoms with Crippen molar-refractivity contribution in [2.75, 3.05) is 51.3 Å². The minimum Gasteiger partial charge on any atom is -0.494 e. The Bertz CT molecular complexity index is 1080. The molecule has 0 aromatic heterocycles. The molecule has 0 unspecified atom stereocenters. The topological polar surface area (TPSA) is 141 Å². The lowest BCUT2D eigenvalue weighted by atomic mass is 10.1. The van der Waals surface area contributed by atoms with Gasteiger partial charge in [0.1, 0.15) is 5.75 Å². The van der Waals surface area contributed by atoms with Crippen LogP contribution in [0.3, 0.4) is 0 Å². The highest BCUT2D eigenvalue weighted by Gasteiger charge is 2.18. The first-order chi connectivity index (χ1) is 15.1. The lowest BCUT2D eigenvalue weighted by Crippen LogP contribution is -2.32. The molecular formula is C20H25N3O8S. The van der Waals surface area contributed by atoms with Crippen molar-refractivity contribution < 1.29 is 37.0 Å². The third-order valence-electron chi connectivity index (χ3n) is 4.12. The molecule has 0 spiro atoms. The van der Waals surface area contributed by atoms with Gasteiger partial charge in [-0.2, -0.15) is 0 Å². The second kappa shape index (κ2) is 10.6. The van der Waals surface area contributed by atoms with E-state index in [9.17, 15) is 18.0 Å². The molecule has 32 heavy (non-hydrogen) atoms. The number of carbonyl (C=O) groups excluding carboxylic acids is 2. The summed E-state index contributed by atoms with van der Waals surface area (Å²) >= 11 is 0. The van der Waals surface area contributed by atoms with Crippen LogP contribution in [0.15, 0.2) is 30.3 Å². The maximum absolute atomic E-state index is 12.5. The van der Waals surface area contributed by atoms with E-state index < -0.39 is 21.8 Å². The number of anilines is 2. The Kier molecular flexibility index (Phi) is 8.13. The van der Waals surface area contributed by atoms with Gasteiger partial charge in [0.05, 0.1) is 46.9 Å². The van der Waals surface area contributed by atoms with Crippen LogP contribution in [0, 0.1) is 0 Å². The summed E-state index contributed by atoms with van der Waals surface area (Å²) in [6, 6.07) is 7.32. The predicted octanol–water partition coefficient (Wildman–Crippen LogP) is 1.46. The van der Waals surface area contributed by atoms with Crippen molar-refractivity contribution in [3.63, 3.8) is 0 Å². The van der Waals surface area contributed by atoms with Crippen LogP contribution in [-0.4, -0.2) is 61.5 Å². The number of rotatable bonds is 10. The van der Waals surface area contributed by atoms with E-state index in [-0.39, 0.29) is 23.5 Å². The number of ether oxygens (including phenoxy) is 4. The largest absolute Gasteiger partial charge is 0.494 e. The smallest absolute Gasteiger partial charge is 0.251 e. The summed E-state index contributed by atoms with van der Waals surface area (Å²) in [6.07, 6.45) is 1.01. The normalized spacial score (nSPS) is 10.7. The molecule has 0 bridgehead atoms. The molecule has 0 fully saturated rings. The highest BCUT2D eigenvalue weighted by molar-refractivity contribution is 7.92. The highest BCUT2D eigenvalue weighted by Crippen LogP contribution is 2.38. The molecule has 2 aromatic rings. The summed E-state index contributed by atoms with van der Waals surface area (Å²) in [5.41, 5.74) is 0.793. The lowest BCUT2D eigenvalue weighted by molar-refractivity contribution is -0.115. The van der Waals surface area contributed by atoms with Crippen molar-refractivity contribution in [3.8, 4) is 23.0 Å². The van der Waals surface area contributed by atoms with Crippen molar-refractivity contribution in [1.29, 1.82) is 0 Å². The van der Waals surface area contributed by atoms with Crippen LogP contribution in [0.5, 0.6) is 23.0 Å². The molecular weight excluding hydrogens is 442 g/mol. The van der Waals surface area contributed by atoms with Gasteiger partial charge in [-0.25, -0.2) is 8.42 Å². The van der Waals surface area contributed by atoms with Crippen LogP contribution >= 0.6 is 0 Å². The van der Waals surface area contributed by atoms with Crippen LogP contribution in [0.25, 0.3) is 0 Å². The molecule has 11 nitrogen and oxygen atoms in total. The fourth-order valence-corrected chi connectivity index (χ4v) is 3.30. The summed E-state index contributed by atoms with van der Waals surface area (Å²) < 4.78 is 45.9. The number of amides is 2. The van der Waals surface area contributed by atoms with Crippen LogP contribution in [-0.2, 0) is 14.8 Å². The van der Waals surface area contributed by atoms with Gasteiger partial charge >= 0.3 is 0 Å². The Labute approximate surface area is 186 Å². The molecule has 0 aliphatic carbocycles. The van der Waals surface area contributed by atoms with E-state index in [1.165, 1.54) is 58.8 Å². The van der Waals surface area contributed by atoms with Crippen LogP contribution in [0.2, 0.25) is 0 Å². The Hall–Kier alpha value is -3.67. The molecule has 2 aromatic carbocycles. The van der Waals surface area contributed by atoms with Crippen LogP contribution in [0.4, 0.5) is 11.4 Å². The molecule has 2 amide bonds. The summed E-state index contributed by atoms with van der Waals surface area (Å²) in [7, 11) is 2.18. The van der Waals surface area contributed by atoms with Gasteiger partial charge in [0.25, 0.3) is 5.91 Å². The van der Waals surface area contributed by atoms with Gasteiger partial charge in [-0.1, -0.05) is 0 Å². The summed E-state index contributed by atoms with van der Waals surface area (Å²) in [6.45, 7) is -0.318. The van der Waals surface area contributed by atoms with E-state index in [4.69, 9.17) is 18.9 Å². The van der Waals surface area contributed by atoms with E-state index >= 15 is 0 Å². The lowest BCUT2D eigenvalue weighted by Gasteiger charge is -2.14. The molecule has 12 heteroatoms. The average molecular weight is 468 g/mol. The van der Waals surface area contributed by atoms with E-state index in [1.54, 1.807) is 0 Å². The predicted molar refractivity (Wildman–Crippen MR) is 119 cm³/mol. The van der Waals surface area contributed by atoms with E-state index in [0.717, 1.165) is 6.26 Å². The van der Waals surface area contributed by atoms with E-state index in [1.807, 2.05) is 0 Å². The van der Waals surface area contributed by atoms with Crippen molar-refractivity contribution in [2.24, 2.45) is 0 Å². The van der Waals surface area contributed by atoms with E-state index in [0.29, 0.717) is 22.9 Å². The van der Waals surface area contributed by atoms with Gasteiger partial charge in [0.2, 0.25) is 21.7 Å². The fourth-order valence-electron chi connectivity index (χ4n) is 2.73. The van der Waals surface area contributed by atoms with Crippen molar-refractivity contribution in [1.82, 2.24) is 5.32 Å². The van der Waals surface area contributed by atoms with Crippen molar-refractivity contribution in [3.05, 3.63) is 35.9 Å². The van der Waals surface area contributed by atoms with Gasteiger partial charge in [-0.3, -0.25) is 14.3 Å². The molecule has 2 rings (SSSR count). The Balaban J connectivity index is 2.06. The Morgan fingerprint density at radius 1 is 0.875 bits per heavy atom. The average Bonchev–Trinajstić information content (AvgIpc) is 2.76. The Morgan fingerprint density at radius 2 is 1.47 bits per heavy atom. The first kappa shape index (κ1) is 24.6. The summed E-state index contributed by atoms with van der Waals surface area (Å²) in [5, 5.41) is 5.10. The zero-order valence-corrected chi connectivity index (χ0v) is 19.1. The third kappa shape index (κ3) is 6.41. The zero-order valence-electron chi connectivity index (χ0n) is 18.3. The highest BCUT2D eigenvalue weighted by atomic mass is 32.2. The maximum Gasteiger partial charge on any atom is 0.251 e. The standard InChI is InChI=1S/C20H25N3O8S/c1-28-15-10-13(6-7-14(15)23-32(5,26)27)22-18(24)11-21-20(25)12-8-16(29-2)19(31-4)17(9-12)30-3/h6-10,23H,11H2,1-5H3,(H,21,25)(H,22,24). The van der Waals surface area contributed by atoms with Crippen LogP contribution < -0.4 is 34.3 Å². The minimum atomic E-state index is -3.50. The molecule has 0 aliphatic heterocycles. The van der Waals surface area contributed by atoms with Gasteiger partial charge in [0.15, 0.2) is 11.5 Å². The molecule has 0 saturated carbocycles. The number of sulfonamides is 1. The number of benzene rings is 2. The van der Waals surface area contributed by atoms with Crippen molar-refractivity contribution >= 4 is 33.2 Å². The van der Waals surface area contributed by atoms with Gasteiger partial charge in [0, 0.05) is 17.3 Å². The number of nitrogens with one attached hydrogen (secondary N) is 3. The quantitative estimate of drug-likeness (QED) is 0.477. The molecule has 0 heterocycles. The SMILES string of the molecule is COc1cc(NC(=O)CNC(=O)c2cc(OC)c(OC)c(OC)c2)ccc1NS(C)(=O)=O. The Morgan fingerprint density at radius 3 is 1.97 bits per heavy atom. The molecule has 0 radical (unpaired) electrons. The van der Waals surface area contributed by atoms with E-state index in [2.05, 4.69) is 15.4 Å². The first-order valence-electron chi connectivity index (χ1n) is 9.15. The maximum atomic E-state index is 12.5. The second-order valence-electron chi connectivity index (χ2n) is 6.43. The molecule has 0 saturated heterocycles. The number of hydrogen-bond donors (Lipinski definition) is 3. The molecule has 0 aliphatic rings. The first-order valence-corrected chi connectivity index (χ1v) is 11.0. The summed E-state index contributed by atoms with van der Waals surface area (Å²) in [4.78, 5) is 24.7. The molecule has 0 atom stereocenters. The van der Waals surface area contributed by atoms with Gasteiger partial charge < -0.3 is 29.6 Å². The van der Waals surface area contributed by atoms with Gasteiger partial charge in [-0.05, 0) is 24.3 Å². The summed E-state index contributed by atoms with van der Waals surface area (Å²) in [5.74, 6) is 0.135. The number of hydrogen-bond acceptors (Lipinski definition) is 8. The van der Waals surface area contributed by atoms with Crippen molar-refractivity contribution in [2.45, 2.75) is 0 Å². The number of carbonyl (C=O) groups is 2. The minimum absolute atomic E-state index is 0.213. The molecule has 174 valence electrons. The van der Waals surface area contributed by atoms with Crippen LogP contribution in [0.1, 0.15) is 10.4 Å². The second-order valence-corrected chi connectivity index (χ2v) is 8.18. The number of methoxy groups -OCH3 is 4. The monoisotopic (exact) mass is 467 g/mol. The van der Waals surface area contributed by atoms with Gasteiger partial charge in [-0.15, -0.1) is 0 Å².